The Morgan fingerprint density at radius 2 is 1.66 bits per heavy atom. The summed E-state index contributed by atoms with van der Waals surface area (Å²) in [5, 5.41) is 3.41. The van der Waals surface area contributed by atoms with Crippen LogP contribution in [-0.4, -0.2) is 14.3 Å². The summed E-state index contributed by atoms with van der Waals surface area (Å²) in [5.74, 6) is -0.263. The molecule has 3 aromatic carbocycles. The van der Waals surface area contributed by atoms with Crippen molar-refractivity contribution in [3.8, 4) is 0 Å². The highest BCUT2D eigenvalue weighted by atomic mass is 35.5. The Hall–Kier alpha value is -2.83. The van der Waals surface area contributed by atoms with Crippen LogP contribution in [0.25, 0.3) is 0 Å². The molecule has 0 aliphatic rings. The molecule has 0 fully saturated rings. The van der Waals surface area contributed by atoms with Crippen LogP contribution in [0.5, 0.6) is 0 Å². The second-order valence-corrected chi connectivity index (χ2v) is 8.81. The minimum absolute atomic E-state index is 0.184. The molecule has 0 bridgehead atoms. The molecule has 0 atom stereocenters. The van der Waals surface area contributed by atoms with Gasteiger partial charge in [-0.15, -0.1) is 0 Å². The summed E-state index contributed by atoms with van der Waals surface area (Å²) < 4.78 is 27.7. The number of hydrogen-bond donors (Lipinski definition) is 2. The van der Waals surface area contributed by atoms with E-state index in [2.05, 4.69) is 10.0 Å². The predicted octanol–water partition coefficient (Wildman–Crippen LogP) is 4.69. The second-order valence-electron chi connectivity index (χ2n) is 6.72. The molecule has 1 amide bonds. The Balaban J connectivity index is 1.72. The zero-order valence-corrected chi connectivity index (χ0v) is 17.6. The fraction of sp³-hybridized carbons (Fsp3) is 0.136. The second kappa shape index (κ2) is 8.68. The average Bonchev–Trinajstić information content (AvgIpc) is 2.69. The van der Waals surface area contributed by atoms with Crippen LogP contribution in [0.15, 0.2) is 71.6 Å². The molecular weight excluding hydrogens is 408 g/mol. The van der Waals surface area contributed by atoms with E-state index in [9.17, 15) is 13.2 Å². The van der Waals surface area contributed by atoms with Crippen molar-refractivity contribution in [1.82, 2.24) is 5.32 Å². The fourth-order valence-corrected chi connectivity index (χ4v) is 4.09. The van der Waals surface area contributed by atoms with Crippen molar-refractivity contribution in [2.24, 2.45) is 0 Å². The minimum atomic E-state index is -3.70. The van der Waals surface area contributed by atoms with Crippen molar-refractivity contribution in [3.63, 3.8) is 0 Å². The summed E-state index contributed by atoms with van der Waals surface area (Å²) in [6, 6.07) is 18.7. The molecule has 0 radical (unpaired) electrons. The number of hydrogen-bond acceptors (Lipinski definition) is 3. The summed E-state index contributed by atoms with van der Waals surface area (Å²) >= 11 is 6.10. The monoisotopic (exact) mass is 428 g/mol. The Morgan fingerprint density at radius 3 is 2.31 bits per heavy atom. The third kappa shape index (κ3) is 5.16. The Labute approximate surface area is 175 Å². The van der Waals surface area contributed by atoms with Crippen molar-refractivity contribution < 1.29 is 13.2 Å². The topological polar surface area (TPSA) is 75.3 Å². The Kier molecular flexibility index (Phi) is 6.25. The lowest BCUT2D eigenvalue weighted by Crippen LogP contribution is -2.23. The number of rotatable bonds is 6. The molecule has 150 valence electrons. The average molecular weight is 429 g/mol. The fourth-order valence-electron chi connectivity index (χ4n) is 2.76. The largest absolute Gasteiger partial charge is 0.348 e. The molecule has 29 heavy (non-hydrogen) atoms. The van der Waals surface area contributed by atoms with Gasteiger partial charge in [-0.2, -0.15) is 0 Å². The molecule has 0 saturated heterocycles. The van der Waals surface area contributed by atoms with E-state index >= 15 is 0 Å². The van der Waals surface area contributed by atoms with Crippen LogP contribution < -0.4 is 10.0 Å². The molecule has 5 nitrogen and oxygen atoms in total. The Morgan fingerprint density at radius 1 is 0.966 bits per heavy atom. The van der Waals surface area contributed by atoms with E-state index in [1.807, 2.05) is 25.1 Å². The number of carbonyl (C=O) groups is 1. The summed E-state index contributed by atoms with van der Waals surface area (Å²) in [7, 11) is -3.70. The molecule has 0 aromatic heterocycles. The van der Waals surface area contributed by atoms with Gasteiger partial charge in [-0.1, -0.05) is 47.5 Å². The van der Waals surface area contributed by atoms with Crippen molar-refractivity contribution in [2.75, 3.05) is 4.72 Å². The van der Waals surface area contributed by atoms with Gasteiger partial charge in [0.25, 0.3) is 15.9 Å². The Bertz CT molecular complexity index is 1140. The quantitative estimate of drug-likeness (QED) is 0.598. The lowest BCUT2D eigenvalue weighted by Gasteiger charge is -2.12. The normalized spacial score (nSPS) is 11.1. The highest BCUT2D eigenvalue weighted by Crippen LogP contribution is 2.21. The number of halogens is 1. The number of amides is 1. The van der Waals surface area contributed by atoms with Crippen molar-refractivity contribution in [2.45, 2.75) is 25.3 Å². The number of benzene rings is 3. The number of sulfonamides is 1. The minimum Gasteiger partial charge on any atom is -0.348 e. The molecule has 3 rings (SSSR count). The van der Waals surface area contributed by atoms with E-state index in [1.54, 1.807) is 55.5 Å². The SMILES string of the molecule is Cc1ccc(S(=O)(=O)Nc2ccc(C(=O)NCc3ccccc3Cl)cc2C)cc1. The highest BCUT2D eigenvalue weighted by Gasteiger charge is 2.16. The van der Waals surface area contributed by atoms with Crippen LogP contribution >= 0.6 is 11.6 Å². The first-order chi connectivity index (χ1) is 13.8. The molecule has 3 aromatic rings. The van der Waals surface area contributed by atoms with E-state index in [0.717, 1.165) is 11.1 Å². The standard InChI is InChI=1S/C22H21ClN2O3S/c1-15-7-10-19(11-8-15)29(27,28)25-21-12-9-17(13-16(21)2)22(26)24-14-18-5-3-4-6-20(18)23/h3-13,25H,14H2,1-2H3,(H,24,26). The first-order valence-corrected chi connectivity index (χ1v) is 10.8. The molecule has 0 aliphatic carbocycles. The molecular formula is C22H21ClN2O3S. The van der Waals surface area contributed by atoms with Crippen molar-refractivity contribution >= 4 is 33.2 Å². The van der Waals surface area contributed by atoms with Crippen LogP contribution in [-0.2, 0) is 16.6 Å². The van der Waals surface area contributed by atoms with Gasteiger partial charge < -0.3 is 5.32 Å². The van der Waals surface area contributed by atoms with Gasteiger partial charge in [-0.3, -0.25) is 9.52 Å². The molecule has 0 aliphatic heterocycles. The van der Waals surface area contributed by atoms with Gasteiger partial charge >= 0.3 is 0 Å². The van der Waals surface area contributed by atoms with Gasteiger partial charge in [-0.25, -0.2) is 8.42 Å². The predicted molar refractivity (Wildman–Crippen MR) is 116 cm³/mol. The first-order valence-electron chi connectivity index (χ1n) is 8.98. The van der Waals surface area contributed by atoms with Crippen LogP contribution in [0, 0.1) is 13.8 Å². The molecule has 0 heterocycles. The van der Waals surface area contributed by atoms with Crippen molar-refractivity contribution in [1.29, 1.82) is 0 Å². The lowest BCUT2D eigenvalue weighted by atomic mass is 10.1. The van der Waals surface area contributed by atoms with Crippen LogP contribution in [0.3, 0.4) is 0 Å². The number of carbonyl (C=O) groups excluding carboxylic acids is 1. The zero-order valence-electron chi connectivity index (χ0n) is 16.1. The van der Waals surface area contributed by atoms with E-state index in [-0.39, 0.29) is 10.8 Å². The van der Waals surface area contributed by atoms with Gasteiger partial charge in [0.1, 0.15) is 0 Å². The van der Waals surface area contributed by atoms with Gasteiger partial charge in [0.05, 0.1) is 10.6 Å². The third-order valence-corrected chi connectivity index (χ3v) is 6.21. The summed E-state index contributed by atoms with van der Waals surface area (Å²) in [5.41, 5.74) is 3.31. The molecule has 0 saturated carbocycles. The van der Waals surface area contributed by atoms with Gasteiger partial charge in [-0.05, 0) is 61.4 Å². The summed E-state index contributed by atoms with van der Waals surface area (Å²) in [6.45, 7) is 3.95. The van der Waals surface area contributed by atoms with E-state index in [0.29, 0.717) is 28.4 Å². The number of anilines is 1. The van der Waals surface area contributed by atoms with E-state index < -0.39 is 10.0 Å². The smallest absolute Gasteiger partial charge is 0.261 e. The number of aryl methyl sites for hydroxylation is 2. The van der Waals surface area contributed by atoms with Crippen LogP contribution in [0.2, 0.25) is 5.02 Å². The molecule has 7 heteroatoms. The van der Waals surface area contributed by atoms with Crippen LogP contribution in [0.4, 0.5) is 5.69 Å². The van der Waals surface area contributed by atoms with E-state index in [1.165, 1.54) is 0 Å². The summed E-state index contributed by atoms with van der Waals surface area (Å²) in [4.78, 5) is 12.6. The van der Waals surface area contributed by atoms with Crippen LogP contribution in [0.1, 0.15) is 27.0 Å². The molecule has 0 spiro atoms. The molecule has 2 N–H and O–H groups in total. The van der Waals surface area contributed by atoms with Gasteiger partial charge in [0, 0.05) is 17.1 Å². The van der Waals surface area contributed by atoms with Gasteiger partial charge in [0.15, 0.2) is 0 Å². The molecule has 0 unspecified atom stereocenters. The zero-order chi connectivity index (χ0) is 21.0. The number of nitrogens with one attached hydrogen (secondary N) is 2. The third-order valence-electron chi connectivity index (χ3n) is 4.46. The van der Waals surface area contributed by atoms with Crippen molar-refractivity contribution in [3.05, 3.63) is 94.0 Å². The lowest BCUT2D eigenvalue weighted by molar-refractivity contribution is 0.0951. The summed E-state index contributed by atoms with van der Waals surface area (Å²) in [6.07, 6.45) is 0. The maximum Gasteiger partial charge on any atom is 0.261 e. The first kappa shape index (κ1) is 20.9. The maximum absolute atomic E-state index is 12.6. The maximum atomic E-state index is 12.6. The van der Waals surface area contributed by atoms with Gasteiger partial charge in [0.2, 0.25) is 0 Å². The van der Waals surface area contributed by atoms with E-state index in [4.69, 9.17) is 11.6 Å². The highest BCUT2D eigenvalue weighted by molar-refractivity contribution is 7.92.